The van der Waals surface area contributed by atoms with E-state index in [0.29, 0.717) is 23.1 Å². The summed E-state index contributed by atoms with van der Waals surface area (Å²) in [5.41, 5.74) is 0.732. The predicted molar refractivity (Wildman–Crippen MR) is 105 cm³/mol. The Kier molecular flexibility index (Phi) is 5.73. The van der Waals surface area contributed by atoms with Gasteiger partial charge < -0.3 is 9.32 Å². The summed E-state index contributed by atoms with van der Waals surface area (Å²) >= 11 is 7.37. The van der Waals surface area contributed by atoms with Crippen LogP contribution in [0.25, 0.3) is 10.2 Å². The monoisotopic (exact) mass is 408 g/mol. The molecule has 0 aliphatic rings. The molecule has 1 amide bonds. The maximum absolute atomic E-state index is 12.9. The molecule has 2 heterocycles. The van der Waals surface area contributed by atoms with Crippen molar-refractivity contribution in [2.24, 2.45) is 0 Å². The molecule has 8 nitrogen and oxygen atoms in total. The van der Waals surface area contributed by atoms with Gasteiger partial charge in [0.25, 0.3) is 5.91 Å². The largest absolute Gasteiger partial charge is 0.433 e. The molecule has 0 atom stereocenters. The molecule has 0 bridgehead atoms. The fourth-order valence-electron chi connectivity index (χ4n) is 2.50. The summed E-state index contributed by atoms with van der Waals surface area (Å²) in [6, 6.07) is 7.80. The number of hydrogen-bond acceptors (Lipinski definition) is 7. The number of halogens is 1. The SMILES string of the molecule is CN(C)CCCN(C(=O)c1ccc([N+](=O)[O-])o1)c1nc2ccc(Cl)cc2s1. The van der Waals surface area contributed by atoms with Crippen LogP contribution in [-0.4, -0.2) is 47.9 Å². The lowest BCUT2D eigenvalue weighted by Gasteiger charge is -2.19. The number of thiazole rings is 1. The Hall–Kier alpha value is -2.49. The maximum Gasteiger partial charge on any atom is 0.433 e. The number of fused-ring (bicyclic) bond motifs is 1. The second-order valence-corrected chi connectivity index (χ2v) is 7.56. The van der Waals surface area contributed by atoms with Crippen molar-refractivity contribution in [3.05, 3.63) is 51.2 Å². The molecule has 0 aliphatic carbocycles. The van der Waals surface area contributed by atoms with Crippen molar-refractivity contribution < 1.29 is 14.1 Å². The normalized spacial score (nSPS) is 11.3. The van der Waals surface area contributed by atoms with Crippen molar-refractivity contribution in [3.8, 4) is 0 Å². The smallest absolute Gasteiger partial charge is 0.395 e. The van der Waals surface area contributed by atoms with Gasteiger partial charge in [-0.15, -0.1) is 0 Å². The summed E-state index contributed by atoms with van der Waals surface area (Å²) in [5.74, 6) is -1.03. The lowest BCUT2D eigenvalue weighted by atomic mass is 10.3. The number of nitro groups is 1. The zero-order valence-electron chi connectivity index (χ0n) is 14.7. The van der Waals surface area contributed by atoms with E-state index < -0.39 is 16.7 Å². The third kappa shape index (κ3) is 4.44. The molecular weight excluding hydrogens is 392 g/mol. The molecule has 142 valence electrons. The van der Waals surface area contributed by atoms with Gasteiger partial charge in [-0.1, -0.05) is 22.9 Å². The highest BCUT2D eigenvalue weighted by atomic mass is 35.5. The highest BCUT2D eigenvalue weighted by Gasteiger charge is 2.26. The van der Waals surface area contributed by atoms with Crippen LogP contribution in [0.4, 0.5) is 11.0 Å². The van der Waals surface area contributed by atoms with E-state index in [-0.39, 0.29) is 5.76 Å². The highest BCUT2D eigenvalue weighted by Crippen LogP contribution is 2.32. The van der Waals surface area contributed by atoms with Crippen LogP contribution in [0.1, 0.15) is 17.0 Å². The van der Waals surface area contributed by atoms with Gasteiger partial charge in [0.2, 0.25) is 0 Å². The van der Waals surface area contributed by atoms with Crippen LogP contribution in [0.15, 0.2) is 34.7 Å². The average molecular weight is 409 g/mol. The predicted octanol–water partition coefficient (Wildman–Crippen LogP) is 4.05. The van der Waals surface area contributed by atoms with Crippen LogP contribution in [-0.2, 0) is 0 Å². The summed E-state index contributed by atoms with van der Waals surface area (Å²) in [5, 5.41) is 11.9. The number of carbonyl (C=O) groups excluding carboxylic acids is 1. The molecular formula is C17H17ClN4O4S. The second kappa shape index (κ2) is 8.03. The zero-order valence-corrected chi connectivity index (χ0v) is 16.3. The molecule has 3 aromatic rings. The van der Waals surface area contributed by atoms with E-state index in [2.05, 4.69) is 4.98 Å². The topological polar surface area (TPSA) is 92.7 Å². The number of hydrogen-bond donors (Lipinski definition) is 0. The van der Waals surface area contributed by atoms with E-state index in [1.807, 2.05) is 19.0 Å². The van der Waals surface area contributed by atoms with Crippen LogP contribution in [0, 0.1) is 10.1 Å². The van der Waals surface area contributed by atoms with E-state index >= 15 is 0 Å². The first kappa shape index (κ1) is 19.3. The molecule has 10 heteroatoms. The van der Waals surface area contributed by atoms with Crippen molar-refractivity contribution >= 4 is 50.1 Å². The molecule has 0 fully saturated rings. The summed E-state index contributed by atoms with van der Waals surface area (Å²) in [4.78, 5) is 31.1. The minimum absolute atomic E-state index is 0.0937. The fraction of sp³-hybridized carbons (Fsp3) is 0.294. The quantitative estimate of drug-likeness (QED) is 0.432. The molecule has 0 saturated carbocycles. The van der Waals surface area contributed by atoms with E-state index in [1.54, 1.807) is 18.2 Å². The number of aromatic nitrogens is 1. The fourth-order valence-corrected chi connectivity index (χ4v) is 3.77. The molecule has 0 unspecified atom stereocenters. The van der Waals surface area contributed by atoms with Gasteiger partial charge in [-0.05, 0) is 51.3 Å². The first-order valence-corrected chi connectivity index (χ1v) is 9.31. The van der Waals surface area contributed by atoms with E-state index in [1.165, 1.54) is 28.4 Å². The van der Waals surface area contributed by atoms with Gasteiger partial charge in [-0.25, -0.2) is 4.98 Å². The van der Waals surface area contributed by atoms with Gasteiger partial charge in [-0.3, -0.25) is 19.8 Å². The molecule has 0 saturated heterocycles. The minimum Gasteiger partial charge on any atom is -0.395 e. The molecule has 0 spiro atoms. The number of rotatable bonds is 7. The molecule has 2 aromatic heterocycles. The first-order valence-electron chi connectivity index (χ1n) is 8.12. The van der Waals surface area contributed by atoms with Crippen molar-refractivity contribution in [2.75, 3.05) is 32.1 Å². The molecule has 27 heavy (non-hydrogen) atoms. The Labute approximate surface area is 164 Å². The summed E-state index contributed by atoms with van der Waals surface area (Å²) in [6.07, 6.45) is 0.707. The number of benzene rings is 1. The summed E-state index contributed by atoms with van der Waals surface area (Å²) in [7, 11) is 3.89. The van der Waals surface area contributed by atoms with Crippen LogP contribution >= 0.6 is 22.9 Å². The van der Waals surface area contributed by atoms with Gasteiger partial charge in [0.15, 0.2) is 10.9 Å². The maximum atomic E-state index is 12.9. The Morgan fingerprint density at radius 1 is 1.30 bits per heavy atom. The van der Waals surface area contributed by atoms with Crippen molar-refractivity contribution in [3.63, 3.8) is 0 Å². The third-order valence-electron chi connectivity index (χ3n) is 3.78. The number of anilines is 1. The van der Waals surface area contributed by atoms with Crippen LogP contribution in [0.2, 0.25) is 5.02 Å². The zero-order chi connectivity index (χ0) is 19.6. The lowest BCUT2D eigenvalue weighted by Crippen LogP contribution is -2.33. The Morgan fingerprint density at radius 2 is 2.07 bits per heavy atom. The number of furan rings is 1. The summed E-state index contributed by atoms with van der Waals surface area (Å²) < 4.78 is 5.94. The third-order valence-corrected chi connectivity index (χ3v) is 5.06. The molecule has 1 aromatic carbocycles. The number of nitrogens with zero attached hydrogens (tertiary/aromatic N) is 4. The van der Waals surface area contributed by atoms with Crippen LogP contribution in [0.3, 0.4) is 0 Å². The van der Waals surface area contributed by atoms with Crippen molar-refractivity contribution in [1.29, 1.82) is 0 Å². The Balaban J connectivity index is 1.93. The second-order valence-electron chi connectivity index (χ2n) is 6.12. The highest BCUT2D eigenvalue weighted by molar-refractivity contribution is 7.22. The van der Waals surface area contributed by atoms with Gasteiger partial charge in [0, 0.05) is 11.6 Å². The van der Waals surface area contributed by atoms with Crippen LogP contribution in [0.5, 0.6) is 0 Å². The van der Waals surface area contributed by atoms with E-state index in [0.717, 1.165) is 16.8 Å². The van der Waals surface area contributed by atoms with Gasteiger partial charge in [-0.2, -0.15) is 0 Å². The van der Waals surface area contributed by atoms with Gasteiger partial charge in [0.05, 0.1) is 16.3 Å². The lowest BCUT2D eigenvalue weighted by molar-refractivity contribution is -0.402. The van der Waals surface area contributed by atoms with Crippen LogP contribution < -0.4 is 4.90 Å². The number of carbonyl (C=O) groups is 1. The van der Waals surface area contributed by atoms with Gasteiger partial charge in [0.1, 0.15) is 4.92 Å². The number of amides is 1. The van der Waals surface area contributed by atoms with Crippen molar-refractivity contribution in [1.82, 2.24) is 9.88 Å². The Morgan fingerprint density at radius 3 is 2.74 bits per heavy atom. The molecule has 0 radical (unpaired) electrons. The molecule has 0 N–H and O–H groups in total. The minimum atomic E-state index is -0.674. The Bertz CT molecular complexity index is 984. The average Bonchev–Trinajstić information content (AvgIpc) is 3.24. The van der Waals surface area contributed by atoms with Gasteiger partial charge >= 0.3 is 5.88 Å². The van der Waals surface area contributed by atoms with E-state index in [9.17, 15) is 14.9 Å². The molecule has 0 aliphatic heterocycles. The molecule has 3 rings (SSSR count). The van der Waals surface area contributed by atoms with E-state index in [4.69, 9.17) is 16.0 Å². The standard InChI is InChI=1S/C17H17ClN4O4S/c1-20(2)8-3-9-21(16(23)13-6-7-15(26-13)22(24)25)17-19-12-5-4-11(18)10-14(12)27-17/h4-7,10H,3,8-9H2,1-2H3. The van der Waals surface area contributed by atoms with Crippen molar-refractivity contribution in [2.45, 2.75) is 6.42 Å². The summed E-state index contributed by atoms with van der Waals surface area (Å²) in [6.45, 7) is 1.18. The first-order chi connectivity index (χ1) is 12.8.